The van der Waals surface area contributed by atoms with Gasteiger partial charge in [-0.25, -0.2) is 4.98 Å². The smallest absolute Gasteiger partial charge is 0.0950 e. The Bertz CT molecular complexity index is 300. The maximum atomic E-state index is 5.82. The molecule has 0 bridgehead atoms. The van der Waals surface area contributed by atoms with Crippen molar-refractivity contribution in [1.82, 2.24) is 9.55 Å². The summed E-state index contributed by atoms with van der Waals surface area (Å²) in [5, 5.41) is 0. The molecule has 0 spiro atoms. The van der Waals surface area contributed by atoms with Crippen LogP contribution in [-0.4, -0.2) is 15.4 Å². The summed E-state index contributed by atoms with van der Waals surface area (Å²) in [7, 11) is 1.96. The van der Waals surface area contributed by atoms with Crippen LogP contribution in [0.2, 0.25) is 0 Å². The zero-order valence-corrected chi connectivity index (χ0v) is 9.04. The van der Waals surface area contributed by atoms with Gasteiger partial charge in [-0.2, -0.15) is 0 Å². The summed E-state index contributed by atoms with van der Waals surface area (Å²) in [5.41, 5.74) is 2.20. The number of nitrogens with zero attached hydrogens (tertiary/aromatic N) is 2. The zero-order chi connectivity index (χ0) is 9.84. The molecular formula is C10H15ClN2. The fourth-order valence-electron chi connectivity index (χ4n) is 1.06. The zero-order valence-electron chi connectivity index (χ0n) is 8.29. The van der Waals surface area contributed by atoms with Crippen molar-refractivity contribution in [2.75, 3.05) is 5.88 Å². The van der Waals surface area contributed by atoms with E-state index in [4.69, 9.17) is 11.6 Å². The third-order valence-electron chi connectivity index (χ3n) is 1.95. The van der Waals surface area contributed by atoms with E-state index in [1.807, 2.05) is 17.8 Å². The molecule has 1 heterocycles. The Morgan fingerprint density at radius 2 is 2.38 bits per heavy atom. The highest BCUT2D eigenvalue weighted by Crippen LogP contribution is 2.14. The highest BCUT2D eigenvalue weighted by atomic mass is 35.5. The van der Waals surface area contributed by atoms with Crippen molar-refractivity contribution < 1.29 is 0 Å². The third-order valence-corrected chi connectivity index (χ3v) is 2.26. The van der Waals surface area contributed by atoms with Gasteiger partial charge >= 0.3 is 0 Å². The lowest BCUT2D eigenvalue weighted by atomic mass is 10.0. The minimum Gasteiger partial charge on any atom is -0.340 e. The quantitative estimate of drug-likeness (QED) is 0.683. The lowest BCUT2D eigenvalue weighted by Crippen LogP contribution is -1.95. The van der Waals surface area contributed by atoms with E-state index >= 15 is 0 Å². The van der Waals surface area contributed by atoms with Crippen LogP contribution < -0.4 is 0 Å². The minimum absolute atomic E-state index is 0.486. The van der Waals surface area contributed by atoms with Gasteiger partial charge in [0, 0.05) is 19.1 Å². The predicted octanol–water partition coefficient (Wildman–Crippen LogP) is 2.70. The first-order valence-electron chi connectivity index (χ1n) is 4.38. The van der Waals surface area contributed by atoms with E-state index < -0.39 is 0 Å². The van der Waals surface area contributed by atoms with Crippen molar-refractivity contribution in [2.24, 2.45) is 13.0 Å². The number of rotatable bonds is 3. The molecule has 0 amide bonds. The lowest BCUT2D eigenvalue weighted by molar-refractivity contribution is 0.777. The summed E-state index contributed by atoms with van der Waals surface area (Å²) >= 11 is 5.82. The topological polar surface area (TPSA) is 17.8 Å². The molecule has 0 N–H and O–H groups in total. The number of hydrogen-bond acceptors (Lipinski definition) is 1. The third kappa shape index (κ3) is 2.88. The van der Waals surface area contributed by atoms with Crippen LogP contribution in [0.5, 0.6) is 0 Å². The molecule has 0 aliphatic rings. The molecule has 0 aliphatic carbocycles. The van der Waals surface area contributed by atoms with E-state index in [1.54, 1.807) is 6.33 Å². The van der Waals surface area contributed by atoms with Crippen LogP contribution in [0.25, 0.3) is 6.08 Å². The highest BCUT2D eigenvalue weighted by Gasteiger charge is 2.02. The first-order valence-corrected chi connectivity index (χ1v) is 4.91. The molecular weight excluding hydrogens is 184 g/mol. The molecule has 1 aromatic heterocycles. The van der Waals surface area contributed by atoms with Gasteiger partial charge in [0.2, 0.25) is 0 Å². The van der Waals surface area contributed by atoms with E-state index in [1.165, 1.54) is 5.57 Å². The summed E-state index contributed by atoms with van der Waals surface area (Å²) in [5.74, 6) is 1.06. The second-order valence-electron chi connectivity index (χ2n) is 3.47. The minimum atomic E-state index is 0.486. The largest absolute Gasteiger partial charge is 0.340 e. The Balaban J connectivity index is 2.84. The standard InChI is InChI=1S/C10H15ClN2/c1-8(2)9(5-11)4-10-6-13(3)7-12-10/h4,6-8H,5H2,1-3H3/b9-4-. The average Bonchev–Trinajstić information content (AvgIpc) is 2.46. The Morgan fingerprint density at radius 1 is 1.69 bits per heavy atom. The van der Waals surface area contributed by atoms with Gasteiger partial charge in [-0.1, -0.05) is 19.4 Å². The molecule has 0 aromatic carbocycles. The molecule has 1 aromatic rings. The highest BCUT2D eigenvalue weighted by molar-refractivity contribution is 6.19. The maximum absolute atomic E-state index is 5.82. The van der Waals surface area contributed by atoms with Gasteiger partial charge in [0.15, 0.2) is 0 Å². The number of allylic oxidation sites excluding steroid dienone is 1. The van der Waals surface area contributed by atoms with Gasteiger partial charge in [-0.15, -0.1) is 11.6 Å². The van der Waals surface area contributed by atoms with Crippen LogP contribution in [0.15, 0.2) is 18.1 Å². The molecule has 0 saturated heterocycles. The fourth-order valence-corrected chi connectivity index (χ4v) is 1.44. The molecule has 0 saturated carbocycles. The number of aryl methyl sites for hydroxylation is 1. The predicted molar refractivity (Wildman–Crippen MR) is 56.7 cm³/mol. The van der Waals surface area contributed by atoms with Crippen LogP contribution in [0.4, 0.5) is 0 Å². The molecule has 72 valence electrons. The number of imidazole rings is 1. The summed E-state index contributed by atoms with van der Waals surface area (Å²) in [4.78, 5) is 4.21. The van der Waals surface area contributed by atoms with Crippen molar-refractivity contribution in [3.8, 4) is 0 Å². The molecule has 1 rings (SSSR count). The number of halogens is 1. The van der Waals surface area contributed by atoms with E-state index in [-0.39, 0.29) is 0 Å². The van der Waals surface area contributed by atoms with E-state index in [2.05, 4.69) is 24.9 Å². The van der Waals surface area contributed by atoms with Crippen LogP contribution >= 0.6 is 11.6 Å². The van der Waals surface area contributed by atoms with Gasteiger partial charge in [-0.3, -0.25) is 0 Å². The molecule has 0 aliphatic heterocycles. The van der Waals surface area contributed by atoms with Crippen LogP contribution in [0.1, 0.15) is 19.5 Å². The Hall–Kier alpha value is -0.760. The van der Waals surface area contributed by atoms with Crippen LogP contribution in [-0.2, 0) is 7.05 Å². The van der Waals surface area contributed by atoms with E-state index in [9.17, 15) is 0 Å². The van der Waals surface area contributed by atoms with Crippen molar-refractivity contribution in [1.29, 1.82) is 0 Å². The van der Waals surface area contributed by atoms with Gasteiger partial charge in [0.25, 0.3) is 0 Å². The van der Waals surface area contributed by atoms with Crippen molar-refractivity contribution in [2.45, 2.75) is 13.8 Å². The molecule has 0 atom stereocenters. The normalized spacial score (nSPS) is 12.5. The first-order chi connectivity index (χ1) is 6.13. The van der Waals surface area contributed by atoms with Gasteiger partial charge < -0.3 is 4.57 Å². The van der Waals surface area contributed by atoms with Crippen LogP contribution in [0.3, 0.4) is 0 Å². The second kappa shape index (κ2) is 4.47. The van der Waals surface area contributed by atoms with Gasteiger partial charge in [-0.05, 0) is 12.0 Å². The number of aromatic nitrogens is 2. The molecule has 0 fully saturated rings. The fraction of sp³-hybridized carbons (Fsp3) is 0.500. The van der Waals surface area contributed by atoms with E-state index in [0.29, 0.717) is 11.8 Å². The van der Waals surface area contributed by atoms with Gasteiger partial charge in [0.1, 0.15) is 0 Å². The van der Waals surface area contributed by atoms with Crippen molar-refractivity contribution in [3.05, 3.63) is 23.8 Å². The summed E-state index contributed by atoms with van der Waals surface area (Å²) < 4.78 is 1.93. The molecule has 0 unspecified atom stereocenters. The average molecular weight is 199 g/mol. The van der Waals surface area contributed by atoms with Crippen LogP contribution in [0, 0.1) is 5.92 Å². The molecule has 3 heteroatoms. The monoisotopic (exact) mass is 198 g/mol. The molecule has 0 radical (unpaired) electrons. The van der Waals surface area contributed by atoms with E-state index in [0.717, 1.165) is 5.69 Å². The number of alkyl halides is 1. The maximum Gasteiger partial charge on any atom is 0.0950 e. The lowest BCUT2D eigenvalue weighted by Gasteiger charge is -2.05. The Kier molecular flexibility index (Phi) is 3.55. The Morgan fingerprint density at radius 3 is 2.77 bits per heavy atom. The van der Waals surface area contributed by atoms with Crippen molar-refractivity contribution >= 4 is 17.7 Å². The molecule has 13 heavy (non-hydrogen) atoms. The summed E-state index contributed by atoms with van der Waals surface area (Å²) in [6.07, 6.45) is 5.82. The van der Waals surface area contributed by atoms with Gasteiger partial charge in [0.05, 0.1) is 12.0 Å². The van der Waals surface area contributed by atoms with Crippen molar-refractivity contribution in [3.63, 3.8) is 0 Å². The molecule has 2 nitrogen and oxygen atoms in total. The summed E-state index contributed by atoms with van der Waals surface area (Å²) in [6, 6.07) is 0. The first kappa shape index (κ1) is 10.3. The SMILES string of the molecule is CC(C)/C(=C\c1cn(C)cn1)CCl. The number of hydrogen-bond donors (Lipinski definition) is 0. The summed E-state index contributed by atoms with van der Waals surface area (Å²) in [6.45, 7) is 4.27. The second-order valence-corrected chi connectivity index (χ2v) is 3.74. The Labute approximate surface area is 84.2 Å².